The van der Waals surface area contributed by atoms with Crippen molar-refractivity contribution in [3.8, 4) is 33.4 Å². The zero-order valence-electron chi connectivity index (χ0n) is 18.9. The normalized spacial score (nSPS) is 10.6. The van der Waals surface area contributed by atoms with Gasteiger partial charge in [0.2, 0.25) is 0 Å². The quantitative estimate of drug-likeness (QED) is 0.274. The van der Waals surface area contributed by atoms with E-state index in [0.29, 0.717) is 11.8 Å². The SMILES string of the molecule is CC(C)c1ccc(C#Cc2ccc(-c3ccc(C#Cc4ccc(C(C)C)cc4)s3)s2)cc1. The molecule has 0 aliphatic carbocycles. The molecule has 0 amide bonds. The molecule has 4 rings (SSSR count). The molecule has 0 spiro atoms. The monoisotopic (exact) mass is 450 g/mol. The summed E-state index contributed by atoms with van der Waals surface area (Å²) in [6, 6.07) is 25.6. The summed E-state index contributed by atoms with van der Waals surface area (Å²) < 4.78 is 0. The van der Waals surface area contributed by atoms with Gasteiger partial charge in [-0.2, -0.15) is 0 Å². The smallest absolute Gasteiger partial charge is 0.0779 e. The van der Waals surface area contributed by atoms with Crippen LogP contribution < -0.4 is 0 Å². The van der Waals surface area contributed by atoms with Crippen molar-refractivity contribution in [1.29, 1.82) is 0 Å². The maximum absolute atomic E-state index is 3.31. The lowest BCUT2D eigenvalue weighted by molar-refractivity contribution is 0.866. The fraction of sp³-hybridized carbons (Fsp3) is 0.200. The van der Waals surface area contributed by atoms with Crippen LogP contribution in [-0.4, -0.2) is 0 Å². The van der Waals surface area contributed by atoms with E-state index in [4.69, 9.17) is 0 Å². The molecule has 0 fully saturated rings. The molecule has 2 heteroatoms. The van der Waals surface area contributed by atoms with E-state index in [9.17, 15) is 0 Å². The zero-order chi connectivity index (χ0) is 22.5. The second-order valence-electron chi connectivity index (χ2n) is 8.38. The predicted octanol–water partition coefficient (Wildman–Crippen LogP) is 8.52. The Morgan fingerprint density at radius 1 is 0.469 bits per heavy atom. The minimum absolute atomic E-state index is 0.544. The first kappa shape index (κ1) is 22.2. The Labute approximate surface area is 200 Å². The van der Waals surface area contributed by atoms with Crippen molar-refractivity contribution < 1.29 is 0 Å². The van der Waals surface area contributed by atoms with E-state index >= 15 is 0 Å². The summed E-state index contributed by atoms with van der Waals surface area (Å²) >= 11 is 3.47. The van der Waals surface area contributed by atoms with Gasteiger partial charge < -0.3 is 0 Å². The van der Waals surface area contributed by atoms with E-state index in [1.54, 1.807) is 22.7 Å². The van der Waals surface area contributed by atoms with Crippen molar-refractivity contribution in [3.63, 3.8) is 0 Å². The summed E-state index contributed by atoms with van der Waals surface area (Å²) in [6.45, 7) is 8.83. The Hall–Kier alpha value is -3.04. The number of hydrogen-bond acceptors (Lipinski definition) is 2. The zero-order valence-corrected chi connectivity index (χ0v) is 20.5. The van der Waals surface area contributed by atoms with Crippen molar-refractivity contribution in [3.05, 3.63) is 105 Å². The summed E-state index contributed by atoms with van der Waals surface area (Å²) in [7, 11) is 0. The molecule has 0 nitrogen and oxygen atoms in total. The lowest BCUT2D eigenvalue weighted by Gasteiger charge is -2.03. The molecule has 2 aromatic carbocycles. The Morgan fingerprint density at radius 3 is 1.19 bits per heavy atom. The van der Waals surface area contributed by atoms with Crippen LogP contribution in [0.15, 0.2) is 72.8 Å². The van der Waals surface area contributed by atoms with Crippen molar-refractivity contribution in [2.24, 2.45) is 0 Å². The highest BCUT2D eigenvalue weighted by Crippen LogP contribution is 2.33. The largest absolute Gasteiger partial charge is 0.126 e. The maximum Gasteiger partial charge on any atom is 0.0779 e. The summed E-state index contributed by atoms with van der Waals surface area (Å²) in [5, 5.41) is 0. The molecular weight excluding hydrogens is 424 g/mol. The minimum Gasteiger partial charge on any atom is -0.126 e. The summed E-state index contributed by atoms with van der Waals surface area (Å²) in [6.07, 6.45) is 0. The van der Waals surface area contributed by atoms with Gasteiger partial charge in [-0.25, -0.2) is 0 Å². The number of rotatable bonds is 3. The Bertz CT molecular complexity index is 1200. The highest BCUT2D eigenvalue weighted by Gasteiger charge is 2.05. The van der Waals surface area contributed by atoms with Crippen LogP contribution in [0.1, 0.15) is 71.5 Å². The fourth-order valence-electron chi connectivity index (χ4n) is 3.25. The molecule has 2 heterocycles. The lowest BCUT2D eigenvalue weighted by atomic mass is 10.0. The highest BCUT2D eigenvalue weighted by atomic mass is 32.1. The first-order valence-corrected chi connectivity index (χ1v) is 12.6. The Kier molecular flexibility index (Phi) is 6.96. The van der Waals surface area contributed by atoms with Crippen LogP contribution >= 0.6 is 22.7 Å². The van der Waals surface area contributed by atoms with Crippen LogP contribution in [0.3, 0.4) is 0 Å². The van der Waals surface area contributed by atoms with Crippen LogP contribution in [0.5, 0.6) is 0 Å². The van der Waals surface area contributed by atoms with Gasteiger partial charge in [-0.05, 0) is 71.5 Å². The van der Waals surface area contributed by atoms with Crippen LogP contribution in [0.2, 0.25) is 0 Å². The van der Waals surface area contributed by atoms with Gasteiger partial charge >= 0.3 is 0 Å². The molecule has 0 bridgehead atoms. The van der Waals surface area contributed by atoms with Crippen LogP contribution in [0.4, 0.5) is 0 Å². The van der Waals surface area contributed by atoms with Crippen LogP contribution in [0.25, 0.3) is 9.75 Å². The minimum atomic E-state index is 0.544. The highest BCUT2D eigenvalue weighted by molar-refractivity contribution is 7.22. The van der Waals surface area contributed by atoms with E-state index in [2.05, 4.69) is 124 Å². The van der Waals surface area contributed by atoms with E-state index in [0.717, 1.165) is 20.9 Å². The summed E-state index contributed by atoms with van der Waals surface area (Å²) in [5.74, 6) is 14.3. The molecule has 0 N–H and O–H groups in total. The molecule has 2 aromatic heterocycles. The number of hydrogen-bond donors (Lipinski definition) is 0. The fourth-order valence-corrected chi connectivity index (χ4v) is 5.05. The van der Waals surface area contributed by atoms with Gasteiger partial charge in [0, 0.05) is 20.9 Å². The molecule has 0 aliphatic rings. The van der Waals surface area contributed by atoms with Crippen molar-refractivity contribution in [1.82, 2.24) is 0 Å². The average Bonchev–Trinajstić information content (AvgIpc) is 3.46. The number of benzene rings is 2. The second-order valence-corrected chi connectivity index (χ2v) is 10.5. The molecule has 0 aliphatic heterocycles. The van der Waals surface area contributed by atoms with Gasteiger partial charge in [0.05, 0.1) is 9.75 Å². The third-order valence-corrected chi connectivity index (χ3v) is 7.47. The predicted molar refractivity (Wildman–Crippen MR) is 141 cm³/mol. The number of thiophene rings is 2. The molecule has 0 saturated heterocycles. The van der Waals surface area contributed by atoms with Crippen molar-refractivity contribution >= 4 is 22.7 Å². The standard InChI is InChI=1S/C30H26S2/c1-21(2)25-11-5-23(6-12-25)9-15-27-17-19-29(31-27)30-20-18-28(32-30)16-10-24-7-13-26(14-8-24)22(3)4/h5-8,11-14,17-22H,1-4H3. The van der Waals surface area contributed by atoms with Crippen LogP contribution in [-0.2, 0) is 0 Å². The van der Waals surface area contributed by atoms with E-state index < -0.39 is 0 Å². The molecule has 0 unspecified atom stereocenters. The van der Waals surface area contributed by atoms with Gasteiger partial charge in [-0.3, -0.25) is 0 Å². The van der Waals surface area contributed by atoms with E-state index in [-0.39, 0.29) is 0 Å². The van der Waals surface area contributed by atoms with Crippen molar-refractivity contribution in [2.75, 3.05) is 0 Å². The summed E-state index contributed by atoms with van der Waals surface area (Å²) in [4.78, 5) is 4.64. The first-order valence-electron chi connectivity index (χ1n) is 10.9. The average molecular weight is 451 g/mol. The van der Waals surface area contributed by atoms with Gasteiger partial charge in [-0.15, -0.1) is 22.7 Å². The molecule has 0 atom stereocenters. The summed E-state index contributed by atoms with van der Waals surface area (Å²) in [5.41, 5.74) is 4.80. The second kappa shape index (κ2) is 10.1. The van der Waals surface area contributed by atoms with Gasteiger partial charge in [0.25, 0.3) is 0 Å². The Morgan fingerprint density at radius 2 is 0.844 bits per heavy atom. The molecular formula is C30H26S2. The van der Waals surface area contributed by atoms with E-state index in [1.165, 1.54) is 20.9 Å². The van der Waals surface area contributed by atoms with Gasteiger partial charge in [0.15, 0.2) is 0 Å². The van der Waals surface area contributed by atoms with Gasteiger partial charge in [-0.1, -0.05) is 75.6 Å². The van der Waals surface area contributed by atoms with Gasteiger partial charge in [0.1, 0.15) is 0 Å². The van der Waals surface area contributed by atoms with E-state index in [1.807, 2.05) is 0 Å². The maximum atomic E-state index is 3.31. The van der Waals surface area contributed by atoms with Crippen molar-refractivity contribution in [2.45, 2.75) is 39.5 Å². The third-order valence-electron chi connectivity index (χ3n) is 5.27. The molecule has 158 valence electrons. The first-order chi connectivity index (χ1) is 15.5. The lowest BCUT2D eigenvalue weighted by Crippen LogP contribution is -1.86. The van der Waals surface area contributed by atoms with Crippen LogP contribution in [0, 0.1) is 23.7 Å². The molecule has 32 heavy (non-hydrogen) atoms. The topological polar surface area (TPSA) is 0 Å². The molecule has 0 radical (unpaired) electrons. The molecule has 0 saturated carbocycles. The Balaban J connectivity index is 1.45. The third kappa shape index (κ3) is 5.60. The molecule has 4 aromatic rings.